The van der Waals surface area contributed by atoms with E-state index in [1.54, 1.807) is 0 Å². The van der Waals surface area contributed by atoms with Gasteiger partial charge in [-0.2, -0.15) is 5.26 Å². The fourth-order valence-electron chi connectivity index (χ4n) is 2.75. The number of hydrazine groups is 1. The number of fused-ring (bicyclic) bond motifs is 1. The highest BCUT2D eigenvalue weighted by atomic mass is 16.6. The molecule has 0 aromatic carbocycles. The van der Waals surface area contributed by atoms with E-state index in [0.29, 0.717) is 0 Å². The Morgan fingerprint density at radius 2 is 2.13 bits per heavy atom. The van der Waals surface area contributed by atoms with Gasteiger partial charge in [0.2, 0.25) is 0 Å². The van der Waals surface area contributed by atoms with E-state index in [0.717, 1.165) is 0 Å². The minimum Gasteiger partial charge on any atom is -0.394 e. The molecule has 3 heterocycles. The van der Waals surface area contributed by atoms with Crippen molar-refractivity contribution >= 4 is 22.7 Å². The molecule has 1 saturated heterocycles. The normalized spacial score (nSPS) is 27.3. The number of aliphatic hydroxyl groups is 3. The van der Waals surface area contributed by atoms with Crippen molar-refractivity contribution in [2.75, 3.05) is 17.8 Å². The molecular formula is C12H15N7O4. The van der Waals surface area contributed by atoms with Crippen LogP contribution >= 0.6 is 0 Å². The van der Waals surface area contributed by atoms with E-state index in [4.69, 9.17) is 16.3 Å². The van der Waals surface area contributed by atoms with Gasteiger partial charge in [0.05, 0.1) is 12.0 Å². The Morgan fingerprint density at radius 3 is 2.70 bits per heavy atom. The number of anilines is 2. The topological polar surface area (TPSA) is 188 Å². The molecule has 11 nitrogen and oxygen atoms in total. The lowest BCUT2D eigenvalue weighted by atomic mass is 10.1. The monoisotopic (exact) mass is 321 g/mol. The molecular weight excluding hydrogens is 306 g/mol. The van der Waals surface area contributed by atoms with Gasteiger partial charge in [0.15, 0.2) is 11.9 Å². The van der Waals surface area contributed by atoms with Crippen molar-refractivity contribution in [3.05, 3.63) is 11.9 Å². The van der Waals surface area contributed by atoms with Gasteiger partial charge in [0, 0.05) is 0 Å². The van der Waals surface area contributed by atoms with E-state index < -0.39 is 31.1 Å². The van der Waals surface area contributed by atoms with Crippen LogP contribution in [0.15, 0.2) is 6.33 Å². The van der Waals surface area contributed by atoms with Crippen molar-refractivity contribution in [3.63, 3.8) is 0 Å². The molecule has 0 unspecified atom stereocenters. The number of hydrogen-bond donors (Lipinski definition) is 6. The zero-order chi connectivity index (χ0) is 16.7. The first-order chi connectivity index (χ1) is 11.0. The van der Waals surface area contributed by atoms with Crippen LogP contribution in [0.4, 0.5) is 11.6 Å². The maximum atomic E-state index is 10.2. The molecule has 3 rings (SSSR count). The number of aliphatic hydroxyl groups excluding tert-OH is 3. The number of nitrogens with one attached hydrogen (secondary N) is 1. The van der Waals surface area contributed by atoms with Crippen LogP contribution in [0, 0.1) is 11.3 Å². The first kappa shape index (κ1) is 15.4. The van der Waals surface area contributed by atoms with Gasteiger partial charge >= 0.3 is 0 Å². The highest BCUT2D eigenvalue weighted by molar-refractivity contribution is 5.97. The first-order valence-electron chi connectivity index (χ1n) is 6.68. The summed E-state index contributed by atoms with van der Waals surface area (Å²) in [6.07, 6.45) is -3.58. The van der Waals surface area contributed by atoms with Gasteiger partial charge in [-0.1, -0.05) is 0 Å². The van der Waals surface area contributed by atoms with Crippen molar-refractivity contribution in [2.24, 2.45) is 5.84 Å². The molecule has 122 valence electrons. The number of nitrogens with two attached hydrogens (primary N) is 2. The molecule has 23 heavy (non-hydrogen) atoms. The largest absolute Gasteiger partial charge is 0.394 e. The number of rotatable bonds is 3. The van der Waals surface area contributed by atoms with Crippen LogP contribution in [0.3, 0.4) is 0 Å². The van der Waals surface area contributed by atoms with E-state index in [9.17, 15) is 20.6 Å². The number of nitrogen functional groups attached to an aromatic ring is 2. The molecule has 8 N–H and O–H groups in total. The van der Waals surface area contributed by atoms with Crippen molar-refractivity contribution in [3.8, 4) is 6.07 Å². The predicted octanol–water partition coefficient (Wildman–Crippen LogP) is -2.22. The summed E-state index contributed by atoms with van der Waals surface area (Å²) in [6, 6.07) is 1.95. The Balaban J connectivity index is 2.26. The number of hydrogen-bond acceptors (Lipinski definition) is 10. The molecule has 0 spiro atoms. The lowest BCUT2D eigenvalue weighted by Gasteiger charge is -2.20. The third-order valence-corrected chi connectivity index (χ3v) is 3.83. The Labute approximate surface area is 129 Å². The Hall–Kier alpha value is -2.49. The van der Waals surface area contributed by atoms with E-state index in [-0.39, 0.29) is 28.2 Å². The Bertz CT molecular complexity index is 786. The lowest BCUT2D eigenvalue weighted by Crippen LogP contribution is -2.33. The van der Waals surface area contributed by atoms with Crippen molar-refractivity contribution in [2.45, 2.75) is 24.5 Å². The summed E-state index contributed by atoms with van der Waals surface area (Å²) in [4.78, 5) is 7.90. The quantitative estimate of drug-likeness (QED) is 0.267. The van der Waals surface area contributed by atoms with Gasteiger partial charge in [0.1, 0.15) is 47.9 Å². The molecule has 4 atom stereocenters. The summed E-state index contributed by atoms with van der Waals surface area (Å²) in [5, 5.41) is 39.0. The maximum Gasteiger partial charge on any atom is 0.166 e. The highest BCUT2D eigenvalue weighted by Crippen LogP contribution is 2.39. The summed E-state index contributed by atoms with van der Waals surface area (Å²) in [6.45, 7) is -0.485. The zero-order valence-corrected chi connectivity index (χ0v) is 11.8. The molecule has 0 radical (unpaired) electrons. The van der Waals surface area contributed by atoms with Gasteiger partial charge in [0.25, 0.3) is 0 Å². The van der Waals surface area contributed by atoms with E-state index in [1.165, 1.54) is 10.9 Å². The lowest BCUT2D eigenvalue weighted by molar-refractivity contribution is -0.0499. The average molecular weight is 321 g/mol. The smallest absolute Gasteiger partial charge is 0.166 e. The molecule has 0 bridgehead atoms. The summed E-state index contributed by atoms with van der Waals surface area (Å²) in [5.74, 6) is 5.66. The average Bonchev–Trinajstić information content (AvgIpc) is 3.03. The molecule has 2 aromatic heterocycles. The van der Waals surface area contributed by atoms with E-state index >= 15 is 0 Å². The zero-order valence-electron chi connectivity index (χ0n) is 11.8. The van der Waals surface area contributed by atoms with Gasteiger partial charge in [-0.25, -0.2) is 15.8 Å². The third-order valence-electron chi connectivity index (χ3n) is 3.83. The number of nitrogens with zero attached hydrogens (tertiary/aromatic N) is 4. The van der Waals surface area contributed by atoms with E-state index in [2.05, 4.69) is 15.4 Å². The van der Waals surface area contributed by atoms with Crippen molar-refractivity contribution < 1.29 is 20.1 Å². The molecule has 1 aliphatic heterocycles. The second-order valence-electron chi connectivity index (χ2n) is 5.04. The van der Waals surface area contributed by atoms with Crippen LogP contribution < -0.4 is 17.0 Å². The molecule has 0 amide bonds. The van der Waals surface area contributed by atoms with Gasteiger partial charge in [-0.3, -0.25) is 4.57 Å². The highest BCUT2D eigenvalue weighted by Gasteiger charge is 2.45. The standard InChI is InChI=1S/C12H15N7O4/c13-1-4-6-9(14)16-3-17-11(6)19(10(4)18-15)12-8(22)7(21)5(2-20)23-12/h3,5,7-8,12,18,20-22H,2,15H2,(H2,14,16,17)/t5-,7-,8-,12-/m1/s1. The maximum absolute atomic E-state index is 10.2. The van der Waals surface area contributed by atoms with Crippen molar-refractivity contribution in [1.82, 2.24) is 14.5 Å². The van der Waals surface area contributed by atoms with Gasteiger partial charge in [-0.15, -0.1) is 0 Å². The van der Waals surface area contributed by atoms with Crippen LogP contribution in [0.25, 0.3) is 11.0 Å². The second-order valence-corrected chi connectivity index (χ2v) is 5.04. The molecule has 0 aliphatic carbocycles. The predicted molar refractivity (Wildman–Crippen MR) is 77.5 cm³/mol. The van der Waals surface area contributed by atoms with Gasteiger partial charge < -0.3 is 31.2 Å². The van der Waals surface area contributed by atoms with Crippen LogP contribution in [-0.4, -0.2) is 54.8 Å². The molecule has 2 aromatic rings. The number of nitriles is 1. The fraction of sp³-hybridized carbons (Fsp3) is 0.417. The Morgan fingerprint density at radius 1 is 1.39 bits per heavy atom. The van der Waals surface area contributed by atoms with Gasteiger partial charge in [-0.05, 0) is 0 Å². The fourth-order valence-corrected chi connectivity index (χ4v) is 2.75. The number of aromatic nitrogens is 3. The van der Waals surface area contributed by atoms with Crippen LogP contribution in [0.1, 0.15) is 11.8 Å². The summed E-state index contributed by atoms with van der Waals surface area (Å²) < 4.78 is 6.79. The third kappa shape index (κ3) is 2.09. The summed E-state index contributed by atoms with van der Waals surface area (Å²) in [7, 11) is 0. The first-order valence-corrected chi connectivity index (χ1v) is 6.68. The SMILES string of the molecule is N#Cc1c(NN)n([C@@H]2O[C@H](CO)[C@@H](O)[C@H]2O)c2ncnc(N)c12. The molecule has 1 fully saturated rings. The van der Waals surface area contributed by atoms with Crippen LogP contribution in [-0.2, 0) is 4.74 Å². The van der Waals surface area contributed by atoms with Crippen LogP contribution in [0.5, 0.6) is 0 Å². The Kier molecular flexibility index (Phi) is 3.76. The van der Waals surface area contributed by atoms with E-state index in [1.807, 2.05) is 6.07 Å². The minimum absolute atomic E-state index is 0.0635. The molecule has 11 heteroatoms. The van der Waals surface area contributed by atoms with Crippen LogP contribution in [0.2, 0.25) is 0 Å². The minimum atomic E-state index is -1.36. The molecule has 0 saturated carbocycles. The number of ether oxygens (including phenoxy) is 1. The summed E-state index contributed by atoms with van der Waals surface area (Å²) >= 11 is 0. The van der Waals surface area contributed by atoms with Crippen molar-refractivity contribution in [1.29, 1.82) is 5.26 Å². The second kappa shape index (κ2) is 5.61. The molecule has 1 aliphatic rings. The summed E-state index contributed by atoms with van der Waals surface area (Å²) in [5.41, 5.74) is 8.45.